The van der Waals surface area contributed by atoms with Gasteiger partial charge in [-0.05, 0) is 20.8 Å². The largest absolute Gasteiger partial charge is 0.344 e. The van der Waals surface area contributed by atoms with Gasteiger partial charge in [-0.25, -0.2) is 0 Å². The molecule has 1 heterocycles. The van der Waals surface area contributed by atoms with Crippen molar-refractivity contribution in [2.75, 3.05) is 0 Å². The van der Waals surface area contributed by atoms with Crippen LogP contribution < -0.4 is 0 Å². The third-order valence-corrected chi connectivity index (χ3v) is 1.47. The SMILES string of the molecule is C#C[C@H]1OC(C)(C)O[C@H]1C. The molecule has 1 rings (SSSR count). The second-order valence-corrected chi connectivity index (χ2v) is 2.93. The topological polar surface area (TPSA) is 18.5 Å². The van der Waals surface area contributed by atoms with Crippen molar-refractivity contribution >= 4 is 0 Å². The second-order valence-electron chi connectivity index (χ2n) is 2.93. The van der Waals surface area contributed by atoms with Crippen LogP contribution in [-0.2, 0) is 9.47 Å². The zero-order chi connectivity index (χ0) is 7.78. The van der Waals surface area contributed by atoms with Crippen molar-refractivity contribution in [2.45, 2.75) is 38.8 Å². The van der Waals surface area contributed by atoms with Crippen LogP contribution in [0.25, 0.3) is 0 Å². The van der Waals surface area contributed by atoms with Crippen molar-refractivity contribution in [1.29, 1.82) is 0 Å². The van der Waals surface area contributed by atoms with Gasteiger partial charge in [0, 0.05) is 0 Å². The van der Waals surface area contributed by atoms with E-state index in [0.29, 0.717) is 0 Å². The van der Waals surface area contributed by atoms with Gasteiger partial charge in [0.05, 0.1) is 6.10 Å². The minimum absolute atomic E-state index is 0.0139. The molecule has 0 saturated carbocycles. The van der Waals surface area contributed by atoms with Crippen LogP contribution in [0, 0.1) is 12.3 Å². The molecule has 0 aromatic heterocycles. The van der Waals surface area contributed by atoms with Gasteiger partial charge >= 0.3 is 0 Å². The van der Waals surface area contributed by atoms with Gasteiger partial charge in [0.2, 0.25) is 0 Å². The first kappa shape index (κ1) is 7.59. The van der Waals surface area contributed by atoms with Crippen molar-refractivity contribution in [2.24, 2.45) is 0 Å². The molecule has 0 aliphatic carbocycles. The molecule has 0 aromatic carbocycles. The highest BCUT2D eigenvalue weighted by atomic mass is 16.7. The summed E-state index contributed by atoms with van der Waals surface area (Å²) in [5.74, 6) is 2.02. The van der Waals surface area contributed by atoms with E-state index in [2.05, 4.69) is 5.92 Å². The third-order valence-electron chi connectivity index (χ3n) is 1.47. The van der Waals surface area contributed by atoms with Crippen molar-refractivity contribution in [3.63, 3.8) is 0 Å². The summed E-state index contributed by atoms with van der Waals surface area (Å²) in [7, 11) is 0. The van der Waals surface area contributed by atoms with Crippen molar-refractivity contribution in [3.8, 4) is 12.3 Å². The summed E-state index contributed by atoms with van der Waals surface area (Å²) in [4.78, 5) is 0. The van der Waals surface area contributed by atoms with Crippen molar-refractivity contribution in [3.05, 3.63) is 0 Å². The van der Waals surface area contributed by atoms with E-state index in [1.807, 2.05) is 20.8 Å². The van der Waals surface area contributed by atoms with E-state index in [1.54, 1.807) is 0 Å². The average Bonchev–Trinajstić information content (AvgIpc) is 2.05. The third kappa shape index (κ3) is 1.31. The molecule has 0 bridgehead atoms. The molecular weight excluding hydrogens is 128 g/mol. The van der Waals surface area contributed by atoms with Gasteiger partial charge in [-0.1, -0.05) is 5.92 Å². The van der Waals surface area contributed by atoms with Crippen LogP contribution >= 0.6 is 0 Å². The van der Waals surface area contributed by atoms with E-state index in [0.717, 1.165) is 0 Å². The lowest BCUT2D eigenvalue weighted by Crippen LogP contribution is -2.20. The molecule has 10 heavy (non-hydrogen) atoms. The van der Waals surface area contributed by atoms with Gasteiger partial charge in [0.15, 0.2) is 5.79 Å². The molecule has 0 radical (unpaired) electrons. The molecular formula is C8H12O2. The first-order chi connectivity index (χ1) is 4.55. The van der Waals surface area contributed by atoms with Crippen LogP contribution in [0.5, 0.6) is 0 Å². The fourth-order valence-electron chi connectivity index (χ4n) is 1.11. The highest BCUT2D eigenvalue weighted by Crippen LogP contribution is 2.26. The standard InChI is InChI=1S/C8H12O2/c1-5-7-6(2)9-8(3,4)10-7/h1,6-7H,2-4H3/t6-,7+/m0/s1. The minimum Gasteiger partial charge on any atom is -0.344 e. The Labute approximate surface area is 61.5 Å². The van der Waals surface area contributed by atoms with E-state index in [-0.39, 0.29) is 12.2 Å². The van der Waals surface area contributed by atoms with Crippen molar-refractivity contribution < 1.29 is 9.47 Å². The molecule has 2 atom stereocenters. The van der Waals surface area contributed by atoms with Gasteiger partial charge in [0.25, 0.3) is 0 Å². The Kier molecular flexibility index (Phi) is 1.72. The van der Waals surface area contributed by atoms with E-state index in [1.165, 1.54) is 0 Å². The lowest BCUT2D eigenvalue weighted by atomic mass is 10.2. The highest BCUT2D eigenvalue weighted by Gasteiger charge is 2.37. The van der Waals surface area contributed by atoms with E-state index < -0.39 is 5.79 Å². The molecule has 2 nitrogen and oxygen atoms in total. The number of hydrogen-bond acceptors (Lipinski definition) is 2. The molecule has 1 aliphatic heterocycles. The Morgan fingerprint density at radius 1 is 1.40 bits per heavy atom. The summed E-state index contributed by atoms with van der Waals surface area (Å²) < 4.78 is 10.7. The second kappa shape index (κ2) is 2.26. The number of terminal acetylenes is 1. The quantitative estimate of drug-likeness (QED) is 0.470. The van der Waals surface area contributed by atoms with Gasteiger partial charge in [-0.3, -0.25) is 0 Å². The van der Waals surface area contributed by atoms with E-state index in [9.17, 15) is 0 Å². The smallest absolute Gasteiger partial charge is 0.165 e. The summed E-state index contributed by atoms with van der Waals surface area (Å²) in [5.41, 5.74) is 0. The molecule has 2 heteroatoms. The normalized spacial score (nSPS) is 37.4. The summed E-state index contributed by atoms with van der Waals surface area (Å²) >= 11 is 0. The molecule has 0 aromatic rings. The Hall–Kier alpha value is -0.520. The maximum absolute atomic E-state index is 5.39. The first-order valence-corrected chi connectivity index (χ1v) is 3.37. The highest BCUT2D eigenvalue weighted by molar-refractivity contribution is 5.01. The molecule has 0 amide bonds. The fraction of sp³-hybridized carbons (Fsp3) is 0.750. The van der Waals surface area contributed by atoms with Gasteiger partial charge in [0.1, 0.15) is 6.10 Å². The zero-order valence-electron chi connectivity index (χ0n) is 6.55. The number of hydrogen-bond donors (Lipinski definition) is 0. The lowest BCUT2D eigenvalue weighted by Gasteiger charge is -2.15. The van der Waals surface area contributed by atoms with E-state index in [4.69, 9.17) is 15.9 Å². The summed E-state index contributed by atoms with van der Waals surface area (Å²) in [6, 6.07) is 0. The van der Waals surface area contributed by atoms with Crippen LogP contribution in [0.4, 0.5) is 0 Å². The van der Waals surface area contributed by atoms with Gasteiger partial charge in [-0.2, -0.15) is 0 Å². The molecule has 56 valence electrons. The maximum Gasteiger partial charge on any atom is 0.165 e. The van der Waals surface area contributed by atoms with Crippen LogP contribution in [0.15, 0.2) is 0 Å². The average molecular weight is 140 g/mol. The summed E-state index contributed by atoms with van der Waals surface area (Å²) in [5, 5.41) is 0. The zero-order valence-corrected chi connectivity index (χ0v) is 6.55. The Bertz CT molecular complexity index is 167. The van der Waals surface area contributed by atoms with Crippen LogP contribution in [-0.4, -0.2) is 18.0 Å². The number of ether oxygens (including phenoxy) is 2. The van der Waals surface area contributed by atoms with Gasteiger partial charge in [-0.15, -0.1) is 6.42 Å². The first-order valence-electron chi connectivity index (χ1n) is 3.37. The predicted molar refractivity (Wildman–Crippen MR) is 38.3 cm³/mol. The molecule has 0 N–H and O–H groups in total. The summed E-state index contributed by atoms with van der Waals surface area (Å²) in [6.07, 6.45) is 5.02. The van der Waals surface area contributed by atoms with Crippen molar-refractivity contribution in [1.82, 2.24) is 0 Å². The van der Waals surface area contributed by atoms with E-state index >= 15 is 0 Å². The van der Waals surface area contributed by atoms with Crippen LogP contribution in [0.1, 0.15) is 20.8 Å². The lowest BCUT2D eigenvalue weighted by molar-refractivity contribution is -0.140. The Morgan fingerprint density at radius 3 is 2.20 bits per heavy atom. The number of rotatable bonds is 0. The van der Waals surface area contributed by atoms with Gasteiger partial charge < -0.3 is 9.47 Å². The van der Waals surface area contributed by atoms with Crippen LogP contribution in [0.3, 0.4) is 0 Å². The minimum atomic E-state index is -0.504. The predicted octanol–water partition coefficient (Wildman–Crippen LogP) is 1.16. The maximum atomic E-state index is 5.39. The Balaban J connectivity index is 2.63. The fourth-order valence-corrected chi connectivity index (χ4v) is 1.11. The van der Waals surface area contributed by atoms with Crippen LogP contribution in [0.2, 0.25) is 0 Å². The molecule has 1 saturated heterocycles. The molecule has 1 fully saturated rings. The molecule has 0 spiro atoms. The molecule has 1 aliphatic rings. The Morgan fingerprint density at radius 2 is 2.00 bits per heavy atom. The monoisotopic (exact) mass is 140 g/mol. The molecule has 0 unspecified atom stereocenters. The summed E-state index contributed by atoms with van der Waals surface area (Å²) in [6.45, 7) is 5.64.